The SMILES string of the molecule is CC.CC.CC(C)c1ccc(NC(=O)N2CCN(C)CC2)cc1. The van der Waals surface area contributed by atoms with Crippen LogP contribution < -0.4 is 5.32 Å². The molecule has 0 saturated carbocycles. The van der Waals surface area contributed by atoms with Crippen LogP contribution in [0.4, 0.5) is 10.5 Å². The summed E-state index contributed by atoms with van der Waals surface area (Å²) < 4.78 is 0. The topological polar surface area (TPSA) is 35.6 Å². The van der Waals surface area contributed by atoms with Crippen molar-refractivity contribution in [1.29, 1.82) is 0 Å². The van der Waals surface area contributed by atoms with E-state index >= 15 is 0 Å². The van der Waals surface area contributed by atoms with Gasteiger partial charge in [0.2, 0.25) is 0 Å². The summed E-state index contributed by atoms with van der Waals surface area (Å²) in [6.07, 6.45) is 0. The van der Waals surface area contributed by atoms with Gasteiger partial charge in [0.05, 0.1) is 0 Å². The van der Waals surface area contributed by atoms with E-state index in [2.05, 4.69) is 43.2 Å². The molecule has 1 saturated heterocycles. The number of hydrogen-bond donors (Lipinski definition) is 1. The summed E-state index contributed by atoms with van der Waals surface area (Å²) in [5.74, 6) is 0.516. The largest absolute Gasteiger partial charge is 0.322 e. The van der Waals surface area contributed by atoms with Crippen LogP contribution in [0.15, 0.2) is 24.3 Å². The van der Waals surface area contributed by atoms with Crippen LogP contribution in [-0.4, -0.2) is 49.1 Å². The molecule has 1 aliphatic rings. The molecule has 1 fully saturated rings. The number of benzene rings is 1. The molecule has 1 aromatic carbocycles. The molecule has 23 heavy (non-hydrogen) atoms. The number of urea groups is 1. The first-order valence-corrected chi connectivity index (χ1v) is 8.90. The molecule has 0 unspecified atom stereocenters. The summed E-state index contributed by atoms with van der Waals surface area (Å²) in [4.78, 5) is 16.2. The lowest BCUT2D eigenvalue weighted by atomic mass is 10.0. The molecular formula is C19H35N3O. The van der Waals surface area contributed by atoms with Crippen LogP contribution in [0.3, 0.4) is 0 Å². The lowest BCUT2D eigenvalue weighted by Gasteiger charge is -2.32. The van der Waals surface area contributed by atoms with Gasteiger partial charge in [-0.3, -0.25) is 0 Å². The third-order valence-electron chi connectivity index (χ3n) is 3.62. The highest BCUT2D eigenvalue weighted by molar-refractivity contribution is 5.89. The van der Waals surface area contributed by atoms with Crippen LogP contribution in [0.5, 0.6) is 0 Å². The fourth-order valence-electron chi connectivity index (χ4n) is 2.16. The molecule has 0 bridgehead atoms. The summed E-state index contributed by atoms with van der Waals surface area (Å²) in [7, 11) is 2.08. The smallest absolute Gasteiger partial charge is 0.321 e. The number of amides is 2. The van der Waals surface area contributed by atoms with Crippen molar-refractivity contribution in [2.24, 2.45) is 0 Å². The van der Waals surface area contributed by atoms with Crippen molar-refractivity contribution < 1.29 is 4.79 Å². The Kier molecular flexibility index (Phi) is 11.1. The summed E-state index contributed by atoms with van der Waals surface area (Å²) in [5.41, 5.74) is 2.16. The van der Waals surface area contributed by atoms with Crippen molar-refractivity contribution in [3.8, 4) is 0 Å². The van der Waals surface area contributed by atoms with Gasteiger partial charge in [-0.1, -0.05) is 53.7 Å². The van der Waals surface area contributed by atoms with Crippen LogP contribution in [0.2, 0.25) is 0 Å². The highest BCUT2D eigenvalue weighted by Crippen LogP contribution is 2.17. The van der Waals surface area contributed by atoms with E-state index < -0.39 is 0 Å². The van der Waals surface area contributed by atoms with Crippen molar-refractivity contribution in [3.05, 3.63) is 29.8 Å². The molecule has 0 aromatic heterocycles. The Labute approximate surface area is 142 Å². The van der Waals surface area contributed by atoms with Gasteiger partial charge in [-0.05, 0) is 30.7 Å². The van der Waals surface area contributed by atoms with Gasteiger partial charge in [0.15, 0.2) is 0 Å². The van der Waals surface area contributed by atoms with E-state index in [-0.39, 0.29) is 6.03 Å². The fraction of sp³-hybridized carbons (Fsp3) is 0.632. The monoisotopic (exact) mass is 321 g/mol. The molecule has 0 atom stereocenters. The first-order chi connectivity index (χ1) is 11.1. The second-order valence-electron chi connectivity index (χ2n) is 5.50. The zero-order valence-corrected chi connectivity index (χ0v) is 16.0. The molecular weight excluding hydrogens is 286 g/mol. The van der Waals surface area contributed by atoms with E-state index in [9.17, 15) is 4.79 Å². The highest BCUT2D eigenvalue weighted by Gasteiger charge is 2.18. The maximum Gasteiger partial charge on any atom is 0.321 e. The maximum absolute atomic E-state index is 12.1. The van der Waals surface area contributed by atoms with Crippen LogP contribution in [-0.2, 0) is 0 Å². The summed E-state index contributed by atoms with van der Waals surface area (Å²) in [6, 6.07) is 8.10. The Bertz CT molecular complexity index is 421. The van der Waals surface area contributed by atoms with E-state index in [1.54, 1.807) is 0 Å². The lowest BCUT2D eigenvalue weighted by molar-refractivity contribution is 0.164. The van der Waals surface area contributed by atoms with Gasteiger partial charge < -0.3 is 15.1 Å². The number of nitrogens with one attached hydrogen (secondary N) is 1. The van der Waals surface area contributed by atoms with Crippen molar-refractivity contribution in [1.82, 2.24) is 9.80 Å². The molecule has 2 amide bonds. The minimum atomic E-state index is 0.00500. The predicted octanol–water partition coefficient (Wildman–Crippen LogP) is 4.64. The number of likely N-dealkylation sites (N-methyl/N-ethyl adjacent to an activating group) is 1. The zero-order chi connectivity index (χ0) is 17.8. The van der Waals surface area contributed by atoms with Gasteiger partial charge >= 0.3 is 6.03 Å². The van der Waals surface area contributed by atoms with Crippen molar-refractivity contribution in [2.75, 3.05) is 38.5 Å². The quantitative estimate of drug-likeness (QED) is 0.861. The molecule has 2 rings (SSSR count). The van der Waals surface area contributed by atoms with Crippen molar-refractivity contribution in [2.45, 2.75) is 47.5 Å². The Balaban J connectivity index is 0.00000112. The van der Waals surface area contributed by atoms with Gasteiger partial charge in [0.1, 0.15) is 0 Å². The molecule has 0 spiro atoms. The fourth-order valence-corrected chi connectivity index (χ4v) is 2.16. The average Bonchev–Trinajstić information content (AvgIpc) is 2.59. The zero-order valence-electron chi connectivity index (χ0n) is 16.0. The van der Waals surface area contributed by atoms with Crippen LogP contribution in [0, 0.1) is 0 Å². The molecule has 4 heteroatoms. The normalized spacial score (nSPS) is 14.3. The molecule has 132 valence electrons. The highest BCUT2D eigenvalue weighted by atomic mass is 16.2. The second-order valence-corrected chi connectivity index (χ2v) is 5.50. The lowest BCUT2D eigenvalue weighted by Crippen LogP contribution is -2.48. The van der Waals surface area contributed by atoms with Gasteiger partial charge in [0, 0.05) is 31.9 Å². The Morgan fingerprint density at radius 1 is 0.957 bits per heavy atom. The van der Waals surface area contributed by atoms with Crippen LogP contribution in [0.1, 0.15) is 53.0 Å². The Hall–Kier alpha value is -1.55. The minimum Gasteiger partial charge on any atom is -0.322 e. The predicted molar refractivity (Wildman–Crippen MR) is 101 cm³/mol. The average molecular weight is 322 g/mol. The number of rotatable bonds is 2. The van der Waals surface area contributed by atoms with Crippen LogP contribution in [0.25, 0.3) is 0 Å². The van der Waals surface area contributed by atoms with E-state index in [4.69, 9.17) is 0 Å². The first-order valence-electron chi connectivity index (χ1n) is 8.90. The molecule has 1 aliphatic heterocycles. The molecule has 4 nitrogen and oxygen atoms in total. The number of hydrogen-bond acceptors (Lipinski definition) is 2. The molecule has 1 aromatic rings. The summed E-state index contributed by atoms with van der Waals surface area (Å²) in [5, 5.41) is 2.96. The minimum absolute atomic E-state index is 0.00500. The van der Waals surface area contributed by atoms with Crippen molar-refractivity contribution in [3.63, 3.8) is 0 Å². The van der Waals surface area contributed by atoms with E-state index in [0.29, 0.717) is 5.92 Å². The molecule has 1 heterocycles. The third-order valence-corrected chi connectivity index (χ3v) is 3.62. The van der Waals surface area contributed by atoms with Crippen molar-refractivity contribution >= 4 is 11.7 Å². The third kappa shape index (κ3) is 7.51. The molecule has 0 radical (unpaired) electrons. The Morgan fingerprint density at radius 2 is 1.43 bits per heavy atom. The van der Waals surface area contributed by atoms with Crippen LogP contribution >= 0.6 is 0 Å². The van der Waals surface area contributed by atoms with E-state index in [1.807, 2.05) is 44.7 Å². The summed E-state index contributed by atoms with van der Waals surface area (Å²) >= 11 is 0. The number of anilines is 1. The van der Waals surface area contributed by atoms with Gasteiger partial charge in [-0.2, -0.15) is 0 Å². The van der Waals surface area contributed by atoms with Gasteiger partial charge in [-0.15, -0.1) is 0 Å². The second kappa shape index (κ2) is 11.9. The first kappa shape index (κ1) is 21.4. The maximum atomic E-state index is 12.1. The van der Waals surface area contributed by atoms with E-state index in [0.717, 1.165) is 31.9 Å². The Morgan fingerprint density at radius 3 is 1.87 bits per heavy atom. The van der Waals surface area contributed by atoms with Gasteiger partial charge in [-0.25, -0.2) is 4.79 Å². The standard InChI is InChI=1S/C15H23N3O.2C2H6/c1-12(2)13-4-6-14(7-5-13)16-15(19)18-10-8-17(3)9-11-18;2*1-2/h4-7,12H,8-11H2,1-3H3,(H,16,19);2*1-2H3. The molecule has 0 aliphatic carbocycles. The summed E-state index contributed by atoms with van der Waals surface area (Å²) in [6.45, 7) is 15.8. The number of piperazine rings is 1. The number of carbonyl (C=O) groups excluding carboxylic acids is 1. The molecule has 1 N–H and O–H groups in total. The van der Waals surface area contributed by atoms with Gasteiger partial charge in [0.25, 0.3) is 0 Å². The van der Waals surface area contributed by atoms with E-state index in [1.165, 1.54) is 5.56 Å². The number of carbonyl (C=O) groups is 1. The number of nitrogens with zero attached hydrogens (tertiary/aromatic N) is 2.